The number of carbonyl (C=O) groups is 1. The van der Waals surface area contributed by atoms with Crippen LogP contribution in [0.2, 0.25) is 0 Å². The largest absolute Gasteiger partial charge is 0.483 e. The summed E-state index contributed by atoms with van der Waals surface area (Å²) < 4.78 is 0. The molecule has 0 aliphatic heterocycles. The molecular formula is C18H22N4O2S. The smallest absolute Gasteiger partial charge is 0.290 e. The zero-order chi connectivity index (χ0) is 18.6. The van der Waals surface area contributed by atoms with Crippen LogP contribution in [0.4, 0.5) is 5.82 Å². The van der Waals surface area contributed by atoms with Gasteiger partial charge in [0.25, 0.3) is 6.47 Å². The van der Waals surface area contributed by atoms with E-state index in [4.69, 9.17) is 15.6 Å². The van der Waals surface area contributed by atoms with Gasteiger partial charge in [-0.2, -0.15) is 5.26 Å². The predicted molar refractivity (Wildman–Crippen MR) is 98.1 cm³/mol. The van der Waals surface area contributed by atoms with Crippen molar-refractivity contribution >= 4 is 23.6 Å². The maximum atomic E-state index is 9.54. The van der Waals surface area contributed by atoms with Gasteiger partial charge in [0.2, 0.25) is 0 Å². The monoisotopic (exact) mass is 358 g/mol. The maximum Gasteiger partial charge on any atom is 0.290 e. The van der Waals surface area contributed by atoms with Crippen LogP contribution in [-0.4, -0.2) is 21.5 Å². The SMILES string of the molecule is CC(C)(C)C1CCc2nc(N)c(C#N)c(-c3cncs3)c2C1.O=CO. The van der Waals surface area contributed by atoms with E-state index in [9.17, 15) is 5.26 Å². The van der Waals surface area contributed by atoms with Crippen molar-refractivity contribution in [3.63, 3.8) is 0 Å². The summed E-state index contributed by atoms with van der Waals surface area (Å²) in [6.07, 6.45) is 4.82. The van der Waals surface area contributed by atoms with Crippen molar-refractivity contribution in [3.05, 3.63) is 28.5 Å². The Morgan fingerprint density at radius 1 is 1.48 bits per heavy atom. The first-order chi connectivity index (χ1) is 11.8. The highest BCUT2D eigenvalue weighted by Crippen LogP contribution is 2.42. The molecule has 0 saturated carbocycles. The number of aromatic nitrogens is 2. The van der Waals surface area contributed by atoms with Crippen molar-refractivity contribution < 1.29 is 9.90 Å². The summed E-state index contributed by atoms with van der Waals surface area (Å²) >= 11 is 1.55. The van der Waals surface area contributed by atoms with Gasteiger partial charge >= 0.3 is 0 Å². The van der Waals surface area contributed by atoms with Crippen LogP contribution in [0.25, 0.3) is 10.4 Å². The van der Waals surface area contributed by atoms with Gasteiger partial charge in [-0.1, -0.05) is 20.8 Å². The van der Waals surface area contributed by atoms with Gasteiger partial charge in [-0.15, -0.1) is 11.3 Å². The molecule has 7 heteroatoms. The van der Waals surface area contributed by atoms with Crippen molar-refractivity contribution in [2.24, 2.45) is 11.3 Å². The van der Waals surface area contributed by atoms with Gasteiger partial charge in [-0.05, 0) is 36.2 Å². The van der Waals surface area contributed by atoms with Gasteiger partial charge < -0.3 is 10.8 Å². The number of hydrogen-bond donors (Lipinski definition) is 2. The number of fused-ring (bicyclic) bond motifs is 1. The van der Waals surface area contributed by atoms with Crippen LogP contribution in [0.5, 0.6) is 0 Å². The molecule has 2 aromatic rings. The second-order valence-electron chi connectivity index (χ2n) is 7.06. The van der Waals surface area contributed by atoms with E-state index in [1.54, 1.807) is 16.8 Å². The quantitative estimate of drug-likeness (QED) is 0.754. The third kappa shape index (κ3) is 3.97. The molecule has 3 N–H and O–H groups in total. The van der Waals surface area contributed by atoms with Crippen molar-refractivity contribution in [2.45, 2.75) is 40.0 Å². The Balaban J connectivity index is 0.000000701. The highest BCUT2D eigenvalue weighted by atomic mass is 32.1. The van der Waals surface area contributed by atoms with E-state index in [-0.39, 0.29) is 11.9 Å². The molecular weight excluding hydrogens is 336 g/mol. The van der Waals surface area contributed by atoms with E-state index in [2.05, 4.69) is 36.8 Å². The molecule has 1 unspecified atom stereocenters. The minimum Gasteiger partial charge on any atom is -0.483 e. The topological polar surface area (TPSA) is 113 Å². The van der Waals surface area contributed by atoms with E-state index in [0.717, 1.165) is 35.4 Å². The number of thiazole rings is 1. The van der Waals surface area contributed by atoms with Crippen LogP contribution in [-0.2, 0) is 17.6 Å². The summed E-state index contributed by atoms with van der Waals surface area (Å²) in [5.41, 5.74) is 11.8. The molecule has 132 valence electrons. The third-order valence-corrected chi connectivity index (χ3v) is 5.40. The normalized spacial score (nSPS) is 16.2. The second kappa shape index (κ2) is 7.62. The third-order valence-electron chi connectivity index (χ3n) is 4.61. The van der Waals surface area contributed by atoms with E-state index in [1.807, 2.05) is 6.20 Å². The van der Waals surface area contributed by atoms with Crippen LogP contribution in [0.15, 0.2) is 11.7 Å². The molecule has 0 saturated heterocycles. The number of nitriles is 1. The number of rotatable bonds is 1. The maximum absolute atomic E-state index is 9.54. The molecule has 0 spiro atoms. The molecule has 25 heavy (non-hydrogen) atoms. The lowest BCUT2D eigenvalue weighted by molar-refractivity contribution is -0.122. The molecule has 1 aliphatic rings. The van der Waals surface area contributed by atoms with Crippen LogP contribution >= 0.6 is 11.3 Å². The van der Waals surface area contributed by atoms with E-state index in [0.29, 0.717) is 17.3 Å². The summed E-state index contributed by atoms with van der Waals surface area (Å²) in [4.78, 5) is 18.1. The highest BCUT2D eigenvalue weighted by molar-refractivity contribution is 7.13. The lowest BCUT2D eigenvalue weighted by Crippen LogP contribution is -2.28. The molecule has 0 amide bonds. The van der Waals surface area contributed by atoms with Crippen LogP contribution in [0.1, 0.15) is 44.0 Å². The fourth-order valence-corrected chi connectivity index (χ4v) is 3.94. The van der Waals surface area contributed by atoms with E-state index >= 15 is 0 Å². The standard InChI is InChI=1S/C17H20N4S.CH2O2/c1-17(2,3)10-4-5-13-11(6-10)15(14-8-20-9-22-14)12(7-18)16(19)21-13;2-1-3/h8-10H,4-6H2,1-3H3,(H2,19,21);1H,(H,2,3). The van der Waals surface area contributed by atoms with Gasteiger partial charge in [0.1, 0.15) is 17.5 Å². The Bertz CT molecular complexity index is 789. The lowest BCUT2D eigenvalue weighted by atomic mass is 9.70. The summed E-state index contributed by atoms with van der Waals surface area (Å²) in [7, 11) is 0. The first-order valence-corrected chi connectivity index (χ1v) is 8.89. The van der Waals surface area contributed by atoms with Gasteiger partial charge in [-0.3, -0.25) is 9.78 Å². The lowest BCUT2D eigenvalue weighted by Gasteiger charge is -2.35. The fraction of sp³-hybridized carbons (Fsp3) is 0.444. The molecule has 2 heterocycles. The minimum absolute atomic E-state index is 0.247. The average Bonchev–Trinajstić information content (AvgIpc) is 3.07. The predicted octanol–water partition coefficient (Wildman–Crippen LogP) is 3.51. The van der Waals surface area contributed by atoms with Gasteiger partial charge in [0, 0.05) is 17.5 Å². The summed E-state index contributed by atoms with van der Waals surface area (Å²) in [5.74, 6) is 0.933. The Hall–Kier alpha value is -2.46. The molecule has 1 aliphatic carbocycles. The number of hydrogen-bond acceptors (Lipinski definition) is 6. The number of anilines is 1. The van der Waals surface area contributed by atoms with Gasteiger partial charge in [-0.25, -0.2) is 4.98 Å². The molecule has 1 atom stereocenters. The molecule has 6 nitrogen and oxygen atoms in total. The fourth-order valence-electron chi connectivity index (χ4n) is 3.24. The summed E-state index contributed by atoms with van der Waals surface area (Å²) in [6.45, 7) is 6.60. The summed E-state index contributed by atoms with van der Waals surface area (Å²) in [5, 5.41) is 16.4. The molecule has 0 fully saturated rings. The average molecular weight is 358 g/mol. The summed E-state index contributed by atoms with van der Waals surface area (Å²) in [6, 6.07) is 2.25. The van der Waals surface area contributed by atoms with Crippen LogP contribution < -0.4 is 5.73 Å². The highest BCUT2D eigenvalue weighted by Gasteiger charge is 2.32. The van der Waals surface area contributed by atoms with E-state index < -0.39 is 0 Å². The Labute approximate surface area is 151 Å². The molecule has 3 rings (SSSR count). The number of carboxylic acid groups (broad SMARTS) is 1. The molecule has 0 radical (unpaired) electrons. The number of nitrogens with two attached hydrogens (primary N) is 1. The van der Waals surface area contributed by atoms with Crippen LogP contribution in [0, 0.1) is 22.7 Å². The van der Waals surface area contributed by atoms with Gasteiger partial charge in [0.05, 0.1) is 10.4 Å². The van der Waals surface area contributed by atoms with Gasteiger partial charge in [0.15, 0.2) is 0 Å². The molecule has 2 aromatic heterocycles. The Morgan fingerprint density at radius 3 is 2.68 bits per heavy atom. The number of pyridine rings is 1. The Kier molecular flexibility index (Phi) is 5.75. The zero-order valence-corrected chi connectivity index (χ0v) is 15.4. The first-order valence-electron chi connectivity index (χ1n) is 8.01. The van der Waals surface area contributed by atoms with Crippen molar-refractivity contribution in [2.75, 3.05) is 5.73 Å². The number of aryl methyl sites for hydroxylation is 1. The molecule has 0 bridgehead atoms. The number of nitrogen functional groups attached to an aromatic ring is 1. The van der Waals surface area contributed by atoms with E-state index in [1.165, 1.54) is 5.56 Å². The number of nitrogens with zero attached hydrogens (tertiary/aromatic N) is 3. The van der Waals surface area contributed by atoms with Crippen molar-refractivity contribution in [1.29, 1.82) is 5.26 Å². The van der Waals surface area contributed by atoms with Crippen LogP contribution in [0.3, 0.4) is 0 Å². The van der Waals surface area contributed by atoms with Crippen molar-refractivity contribution in [3.8, 4) is 16.5 Å². The Morgan fingerprint density at radius 2 is 2.16 bits per heavy atom. The minimum atomic E-state index is -0.250. The zero-order valence-electron chi connectivity index (χ0n) is 14.6. The first kappa shape index (κ1) is 18.9. The second-order valence-corrected chi connectivity index (χ2v) is 7.95. The van der Waals surface area contributed by atoms with Crippen molar-refractivity contribution in [1.82, 2.24) is 9.97 Å². The molecule has 0 aromatic carbocycles.